The molecule has 0 unspecified atom stereocenters. The van der Waals surface area contributed by atoms with E-state index >= 15 is 0 Å². The van der Waals surface area contributed by atoms with Gasteiger partial charge in [-0.15, -0.1) is 12.4 Å². The fourth-order valence-corrected chi connectivity index (χ4v) is 2.52. The molecule has 2 amide bonds. The largest absolute Gasteiger partial charge is 0.348 e. The van der Waals surface area contributed by atoms with E-state index in [-0.39, 0.29) is 24.2 Å². The Hall–Kier alpha value is -2.40. The molecule has 0 atom stereocenters. The van der Waals surface area contributed by atoms with Gasteiger partial charge in [-0.2, -0.15) is 0 Å². The standard InChI is InChI=1S/C17H17N3O2.ClH/c1-17(2)13-9-11(3-4-14(13)20-16(17)22)10-19-15(21)12-5-7-18-8-6-12;/h3-9H,10H2,1-2H3,(H,19,21)(H,20,22);1H. The van der Waals surface area contributed by atoms with Crippen LogP contribution in [0.25, 0.3) is 0 Å². The van der Waals surface area contributed by atoms with E-state index < -0.39 is 5.41 Å². The summed E-state index contributed by atoms with van der Waals surface area (Å²) in [6.07, 6.45) is 3.17. The van der Waals surface area contributed by atoms with Gasteiger partial charge in [0.2, 0.25) is 5.91 Å². The minimum atomic E-state index is -0.541. The molecule has 23 heavy (non-hydrogen) atoms. The highest BCUT2D eigenvalue weighted by atomic mass is 35.5. The van der Waals surface area contributed by atoms with Crippen LogP contribution in [0, 0.1) is 0 Å². The van der Waals surface area contributed by atoms with Gasteiger partial charge in [0, 0.05) is 30.2 Å². The molecular formula is C17H18ClN3O2. The molecule has 0 fully saturated rings. The molecule has 1 aliphatic rings. The summed E-state index contributed by atoms with van der Waals surface area (Å²) in [5.41, 5.74) is 2.81. The van der Waals surface area contributed by atoms with Crippen molar-refractivity contribution in [2.75, 3.05) is 5.32 Å². The zero-order valence-electron chi connectivity index (χ0n) is 12.9. The van der Waals surface area contributed by atoms with Crippen LogP contribution in [0.1, 0.15) is 35.3 Å². The van der Waals surface area contributed by atoms with E-state index in [1.807, 2.05) is 32.0 Å². The smallest absolute Gasteiger partial charge is 0.251 e. The first-order valence-electron chi connectivity index (χ1n) is 7.11. The van der Waals surface area contributed by atoms with Crippen molar-refractivity contribution < 1.29 is 9.59 Å². The molecule has 1 aromatic carbocycles. The van der Waals surface area contributed by atoms with Crippen molar-refractivity contribution in [3.63, 3.8) is 0 Å². The van der Waals surface area contributed by atoms with Crippen LogP contribution in [0.3, 0.4) is 0 Å². The summed E-state index contributed by atoms with van der Waals surface area (Å²) in [7, 11) is 0. The number of nitrogens with one attached hydrogen (secondary N) is 2. The van der Waals surface area contributed by atoms with E-state index in [0.717, 1.165) is 16.8 Å². The minimum Gasteiger partial charge on any atom is -0.348 e. The lowest BCUT2D eigenvalue weighted by atomic mass is 9.85. The number of halogens is 1. The summed E-state index contributed by atoms with van der Waals surface area (Å²) in [6.45, 7) is 4.21. The number of nitrogens with zero attached hydrogens (tertiary/aromatic N) is 1. The zero-order chi connectivity index (χ0) is 15.7. The van der Waals surface area contributed by atoms with Crippen molar-refractivity contribution in [2.24, 2.45) is 0 Å². The average Bonchev–Trinajstić information content (AvgIpc) is 2.75. The molecule has 6 heteroatoms. The molecule has 1 aromatic heterocycles. The lowest BCUT2D eigenvalue weighted by Gasteiger charge is -2.16. The molecule has 2 N–H and O–H groups in total. The zero-order valence-corrected chi connectivity index (χ0v) is 13.7. The van der Waals surface area contributed by atoms with E-state index in [9.17, 15) is 9.59 Å². The van der Waals surface area contributed by atoms with Crippen LogP contribution < -0.4 is 10.6 Å². The maximum atomic E-state index is 12.0. The van der Waals surface area contributed by atoms with E-state index in [1.54, 1.807) is 24.5 Å². The first-order chi connectivity index (χ1) is 10.5. The van der Waals surface area contributed by atoms with Gasteiger partial charge < -0.3 is 10.6 Å². The van der Waals surface area contributed by atoms with Crippen LogP contribution >= 0.6 is 12.4 Å². The Morgan fingerprint density at radius 3 is 2.61 bits per heavy atom. The maximum Gasteiger partial charge on any atom is 0.251 e. The maximum absolute atomic E-state index is 12.0. The number of carbonyl (C=O) groups excluding carboxylic acids is 2. The second kappa shape index (κ2) is 6.38. The second-order valence-electron chi connectivity index (χ2n) is 5.88. The lowest BCUT2D eigenvalue weighted by Crippen LogP contribution is -2.27. The van der Waals surface area contributed by atoms with Crippen molar-refractivity contribution in [1.82, 2.24) is 10.3 Å². The molecule has 0 radical (unpaired) electrons. The first kappa shape index (κ1) is 17.0. The van der Waals surface area contributed by atoms with Gasteiger partial charge in [-0.05, 0) is 43.2 Å². The monoisotopic (exact) mass is 331 g/mol. The fourth-order valence-electron chi connectivity index (χ4n) is 2.52. The van der Waals surface area contributed by atoms with Crippen molar-refractivity contribution in [1.29, 1.82) is 0 Å². The van der Waals surface area contributed by atoms with E-state index in [2.05, 4.69) is 15.6 Å². The van der Waals surface area contributed by atoms with Crippen molar-refractivity contribution in [3.8, 4) is 0 Å². The van der Waals surface area contributed by atoms with Crippen molar-refractivity contribution >= 4 is 29.9 Å². The van der Waals surface area contributed by atoms with Crippen molar-refractivity contribution in [2.45, 2.75) is 25.8 Å². The molecule has 0 bridgehead atoms. The Labute approximate surface area is 140 Å². The highest BCUT2D eigenvalue weighted by molar-refractivity contribution is 6.05. The lowest BCUT2D eigenvalue weighted by molar-refractivity contribution is -0.119. The van der Waals surface area contributed by atoms with Crippen LogP contribution in [0.15, 0.2) is 42.7 Å². The molecule has 120 valence electrons. The molecule has 2 heterocycles. The number of aromatic nitrogens is 1. The number of hydrogen-bond acceptors (Lipinski definition) is 3. The predicted molar refractivity (Wildman–Crippen MR) is 90.8 cm³/mol. The molecule has 1 aliphatic heterocycles. The van der Waals surface area contributed by atoms with E-state index in [0.29, 0.717) is 12.1 Å². The molecule has 2 aromatic rings. The van der Waals surface area contributed by atoms with Crippen molar-refractivity contribution in [3.05, 3.63) is 59.4 Å². The molecule has 5 nitrogen and oxygen atoms in total. The number of fused-ring (bicyclic) bond motifs is 1. The molecular weight excluding hydrogens is 314 g/mol. The van der Waals surface area contributed by atoms with Gasteiger partial charge in [-0.1, -0.05) is 12.1 Å². The topological polar surface area (TPSA) is 71.1 Å². The molecule has 0 saturated carbocycles. The van der Waals surface area contributed by atoms with Crippen LogP contribution in [0.2, 0.25) is 0 Å². The Bertz CT molecular complexity index is 745. The summed E-state index contributed by atoms with van der Waals surface area (Å²) >= 11 is 0. The van der Waals surface area contributed by atoms with Gasteiger partial charge in [-0.25, -0.2) is 0 Å². The molecule has 0 aliphatic carbocycles. The first-order valence-corrected chi connectivity index (χ1v) is 7.11. The summed E-state index contributed by atoms with van der Waals surface area (Å²) < 4.78 is 0. The number of benzene rings is 1. The predicted octanol–water partition coefficient (Wildman–Crippen LogP) is 2.66. The van der Waals surface area contributed by atoms with E-state index in [4.69, 9.17) is 0 Å². The molecule has 3 rings (SSSR count). The van der Waals surface area contributed by atoms with Crippen LogP contribution in [-0.2, 0) is 16.8 Å². The molecule has 0 saturated heterocycles. The average molecular weight is 332 g/mol. The van der Waals surface area contributed by atoms with Gasteiger partial charge in [-0.3, -0.25) is 14.6 Å². The summed E-state index contributed by atoms with van der Waals surface area (Å²) in [5, 5.41) is 5.75. The van der Waals surface area contributed by atoms with E-state index in [1.165, 1.54) is 0 Å². The summed E-state index contributed by atoms with van der Waals surface area (Å²) in [4.78, 5) is 27.8. The third kappa shape index (κ3) is 3.19. The Morgan fingerprint density at radius 1 is 1.22 bits per heavy atom. The number of rotatable bonds is 3. The van der Waals surface area contributed by atoms with Crippen LogP contribution in [0.4, 0.5) is 5.69 Å². The van der Waals surface area contributed by atoms with Gasteiger partial charge >= 0.3 is 0 Å². The summed E-state index contributed by atoms with van der Waals surface area (Å²) in [6, 6.07) is 9.11. The summed E-state index contributed by atoms with van der Waals surface area (Å²) in [5.74, 6) is -0.142. The van der Waals surface area contributed by atoms with Crippen LogP contribution in [0.5, 0.6) is 0 Å². The molecule has 0 spiro atoms. The highest BCUT2D eigenvalue weighted by Gasteiger charge is 2.38. The number of carbonyl (C=O) groups is 2. The van der Waals surface area contributed by atoms with Crippen LogP contribution in [-0.4, -0.2) is 16.8 Å². The fraction of sp³-hybridized carbons (Fsp3) is 0.235. The Kier molecular flexibility index (Phi) is 4.71. The normalized spacial score (nSPS) is 14.4. The Morgan fingerprint density at radius 2 is 1.91 bits per heavy atom. The number of hydrogen-bond donors (Lipinski definition) is 2. The van der Waals surface area contributed by atoms with Gasteiger partial charge in [0.25, 0.3) is 5.91 Å². The van der Waals surface area contributed by atoms with Gasteiger partial charge in [0.05, 0.1) is 5.41 Å². The van der Waals surface area contributed by atoms with Gasteiger partial charge in [0.1, 0.15) is 0 Å². The van der Waals surface area contributed by atoms with Gasteiger partial charge in [0.15, 0.2) is 0 Å². The SMILES string of the molecule is CC1(C)C(=O)Nc2ccc(CNC(=O)c3ccncc3)cc21.Cl. The second-order valence-corrected chi connectivity index (χ2v) is 5.88. The number of amides is 2. The third-order valence-electron chi connectivity index (χ3n) is 3.97. The minimum absolute atomic E-state index is 0. The number of pyridine rings is 1. The number of anilines is 1. The quantitative estimate of drug-likeness (QED) is 0.908. The highest BCUT2D eigenvalue weighted by Crippen LogP contribution is 2.37. The Balaban J connectivity index is 0.00000192. The third-order valence-corrected chi connectivity index (χ3v) is 3.97.